The van der Waals surface area contributed by atoms with Crippen LogP contribution in [0.3, 0.4) is 0 Å². The van der Waals surface area contributed by atoms with E-state index in [2.05, 4.69) is 66.1 Å². The van der Waals surface area contributed by atoms with Gasteiger partial charge in [-0.1, -0.05) is 91.5 Å². The smallest absolute Gasteiger partial charge is 0.164 e. The summed E-state index contributed by atoms with van der Waals surface area (Å²) in [5.41, 5.74) is 5.73. The quantitative estimate of drug-likeness (QED) is 0.0906. The van der Waals surface area contributed by atoms with Gasteiger partial charge in [-0.25, -0.2) is 4.98 Å². The van der Waals surface area contributed by atoms with Gasteiger partial charge in [0.05, 0.1) is 12.0 Å². The minimum absolute atomic E-state index is 0. The first-order valence-corrected chi connectivity index (χ1v) is 16.4. The molecule has 1 radical (unpaired) electrons. The number of aliphatic hydroxyl groups excluding tert-OH is 1. The molecule has 1 N–H and O–H groups in total. The third-order valence-corrected chi connectivity index (χ3v) is 9.75. The van der Waals surface area contributed by atoms with Crippen LogP contribution >= 0.6 is 0 Å². The van der Waals surface area contributed by atoms with Gasteiger partial charge >= 0.3 is 0 Å². The van der Waals surface area contributed by atoms with E-state index in [4.69, 9.17) is 4.42 Å². The van der Waals surface area contributed by atoms with Crippen molar-refractivity contribution in [2.24, 2.45) is 10.8 Å². The van der Waals surface area contributed by atoms with Crippen LogP contribution in [-0.4, -0.2) is 25.8 Å². The second-order valence-electron chi connectivity index (χ2n) is 13.6. The fraction of sp³-hybridized carbons (Fsp3) is 0.400. The molecule has 7 heteroatoms. The Bertz CT molecular complexity index is 1840. The molecule has 47 heavy (non-hydrogen) atoms. The van der Waals surface area contributed by atoms with Gasteiger partial charge in [0.15, 0.2) is 11.4 Å². The predicted octanol–water partition coefficient (Wildman–Crippen LogP) is 10.9. The van der Waals surface area contributed by atoms with E-state index in [9.17, 15) is 9.90 Å². The summed E-state index contributed by atoms with van der Waals surface area (Å²) in [6.07, 6.45) is 9.77. The number of furan rings is 1. The zero-order valence-corrected chi connectivity index (χ0v) is 31.6. The Morgan fingerprint density at radius 3 is 2.13 bits per heavy atom. The van der Waals surface area contributed by atoms with Crippen LogP contribution in [-0.2, 0) is 30.3 Å². The molecule has 0 saturated heterocycles. The van der Waals surface area contributed by atoms with Gasteiger partial charge in [-0.3, -0.25) is 14.8 Å². The molecule has 6 nitrogen and oxygen atoms in total. The third kappa shape index (κ3) is 8.25. The van der Waals surface area contributed by atoms with Crippen molar-refractivity contribution < 1.29 is 34.4 Å². The number of ketones is 1. The number of fused-ring (bicyclic) bond motifs is 2. The van der Waals surface area contributed by atoms with Crippen molar-refractivity contribution in [2.75, 3.05) is 0 Å². The molecular formula is C40H48IrN3O3-. The van der Waals surface area contributed by atoms with E-state index >= 15 is 0 Å². The molecule has 0 aliphatic rings. The Kier molecular flexibility index (Phi) is 12.4. The number of carbonyl (C=O) groups excluding carboxylic acids is 1. The number of nitrogens with zero attached hydrogens (tertiary/aromatic N) is 3. The molecule has 0 aliphatic carbocycles. The maximum atomic E-state index is 12.2. The third-order valence-electron chi connectivity index (χ3n) is 9.75. The normalized spacial score (nSPS) is 12.4. The second kappa shape index (κ2) is 15.5. The number of hydrogen-bond donors (Lipinski definition) is 1. The number of aromatic nitrogens is 3. The summed E-state index contributed by atoms with van der Waals surface area (Å²) in [4.78, 5) is 25.5. The second-order valence-corrected chi connectivity index (χ2v) is 13.6. The number of pyridine rings is 1. The zero-order valence-electron chi connectivity index (χ0n) is 29.2. The van der Waals surface area contributed by atoms with Crippen molar-refractivity contribution >= 4 is 27.7 Å². The van der Waals surface area contributed by atoms with Gasteiger partial charge in [0.2, 0.25) is 0 Å². The van der Waals surface area contributed by atoms with Crippen molar-refractivity contribution in [3.8, 4) is 22.5 Å². The number of allylic oxidation sites excluding steroid dienone is 2. The molecule has 0 amide bonds. The van der Waals surface area contributed by atoms with Crippen molar-refractivity contribution in [3.05, 3.63) is 90.8 Å². The molecular weight excluding hydrogens is 763 g/mol. The molecule has 0 saturated carbocycles. The molecule has 3 aromatic heterocycles. The fourth-order valence-electron chi connectivity index (χ4n) is 5.40. The van der Waals surface area contributed by atoms with Crippen molar-refractivity contribution in [3.63, 3.8) is 0 Å². The summed E-state index contributed by atoms with van der Waals surface area (Å²) in [5.74, 6) is 0.286. The van der Waals surface area contributed by atoms with Crippen molar-refractivity contribution in [2.45, 2.75) is 93.4 Å². The molecule has 5 rings (SSSR count). The Morgan fingerprint density at radius 2 is 1.49 bits per heavy atom. The summed E-state index contributed by atoms with van der Waals surface area (Å²) in [6, 6.07) is 19.9. The largest absolute Gasteiger partial charge is 0.512 e. The molecule has 3 heterocycles. The van der Waals surface area contributed by atoms with Gasteiger partial charge in [-0.15, -0.1) is 29.1 Å². The molecule has 5 aromatic rings. The minimum atomic E-state index is -0.337. The van der Waals surface area contributed by atoms with E-state index in [-0.39, 0.29) is 47.9 Å². The average molecular weight is 811 g/mol. The van der Waals surface area contributed by atoms with Gasteiger partial charge in [-0.2, -0.15) is 0 Å². The number of rotatable bonds is 9. The standard InChI is InChI=1S/C25H20N3O.C15H28O2.Ir/c1-25(2,3)20-13-17(12-16-6-4-5-7-18(16)20)22-14-23(28-15-27-22)19-8-10-26-21-9-11-29-24(19)21;1-7-14(5,8-2)12(16)11-13(17)15(6,9-3)10-4;/h4-11,13-15H,1-3H3;11,16H,7-10H2,1-6H3;/q-1;;/b;12-11-;. The summed E-state index contributed by atoms with van der Waals surface area (Å²) in [7, 11) is 0. The zero-order chi connectivity index (χ0) is 33.7. The first kappa shape index (κ1) is 37.8. The first-order chi connectivity index (χ1) is 21.8. The van der Waals surface area contributed by atoms with Crippen LogP contribution in [0.4, 0.5) is 0 Å². The number of hydrogen-bond acceptors (Lipinski definition) is 6. The Balaban J connectivity index is 0.000000290. The van der Waals surface area contributed by atoms with Crippen LogP contribution < -0.4 is 0 Å². The van der Waals surface area contributed by atoms with Gasteiger partial charge in [-0.05, 0) is 43.2 Å². The van der Waals surface area contributed by atoms with E-state index in [1.807, 2.05) is 65.8 Å². The average Bonchev–Trinajstić information content (AvgIpc) is 3.56. The molecule has 0 unspecified atom stereocenters. The van der Waals surface area contributed by atoms with Gasteiger partial charge in [0.1, 0.15) is 17.6 Å². The Morgan fingerprint density at radius 1 is 0.851 bits per heavy atom. The molecule has 0 aliphatic heterocycles. The van der Waals surface area contributed by atoms with Crippen LogP contribution in [0.25, 0.3) is 44.4 Å². The predicted molar refractivity (Wildman–Crippen MR) is 189 cm³/mol. The van der Waals surface area contributed by atoms with E-state index < -0.39 is 0 Å². The summed E-state index contributed by atoms with van der Waals surface area (Å²) < 4.78 is 5.64. The van der Waals surface area contributed by atoms with Crippen molar-refractivity contribution in [1.82, 2.24) is 15.0 Å². The van der Waals surface area contributed by atoms with E-state index in [1.54, 1.807) is 18.8 Å². The molecule has 0 atom stereocenters. The fourth-order valence-corrected chi connectivity index (χ4v) is 5.40. The SMILES string of the molecule is CC(C)(C)c1cc(-c2cc(-c3ccnc4ccoc34)ncn2)[c-]c2ccccc12.CCC(C)(CC)C(=O)/C=C(\O)C(C)(CC)CC.[Ir]. The summed E-state index contributed by atoms with van der Waals surface area (Å²) >= 11 is 0. The Labute approximate surface area is 293 Å². The van der Waals surface area contributed by atoms with Crippen LogP contribution in [0, 0.1) is 16.9 Å². The maximum absolute atomic E-state index is 12.2. The number of carbonyl (C=O) groups is 1. The van der Waals surface area contributed by atoms with Crippen LogP contribution in [0.1, 0.15) is 93.6 Å². The monoisotopic (exact) mass is 811 g/mol. The van der Waals surface area contributed by atoms with Crippen LogP contribution in [0.5, 0.6) is 0 Å². The minimum Gasteiger partial charge on any atom is -0.512 e. The maximum Gasteiger partial charge on any atom is 0.164 e. The number of benzene rings is 2. The van der Waals surface area contributed by atoms with Gasteiger partial charge in [0.25, 0.3) is 0 Å². The van der Waals surface area contributed by atoms with E-state index in [0.29, 0.717) is 0 Å². The molecule has 0 spiro atoms. The van der Waals surface area contributed by atoms with Gasteiger partial charge < -0.3 is 9.52 Å². The van der Waals surface area contributed by atoms with Gasteiger partial charge in [0, 0.05) is 60.5 Å². The summed E-state index contributed by atoms with van der Waals surface area (Å²) in [5, 5.41) is 12.4. The van der Waals surface area contributed by atoms with Crippen LogP contribution in [0.2, 0.25) is 0 Å². The molecule has 251 valence electrons. The summed E-state index contributed by atoms with van der Waals surface area (Å²) in [6.45, 7) is 18.8. The molecule has 2 aromatic carbocycles. The molecule has 0 bridgehead atoms. The first-order valence-electron chi connectivity index (χ1n) is 16.4. The topological polar surface area (TPSA) is 89.1 Å². The van der Waals surface area contributed by atoms with E-state index in [1.165, 1.54) is 17.0 Å². The van der Waals surface area contributed by atoms with Crippen molar-refractivity contribution in [1.29, 1.82) is 0 Å². The molecule has 0 fully saturated rings. The van der Waals surface area contributed by atoms with Crippen LogP contribution in [0.15, 0.2) is 83.6 Å². The number of aliphatic hydroxyl groups is 1. The Hall–Kier alpha value is -3.67. The van der Waals surface area contributed by atoms with E-state index in [0.717, 1.165) is 64.7 Å².